The van der Waals surface area contributed by atoms with Crippen molar-refractivity contribution < 1.29 is 9.84 Å². The molecule has 0 aliphatic carbocycles. The summed E-state index contributed by atoms with van der Waals surface area (Å²) in [6, 6.07) is 0. The molecule has 0 saturated carbocycles. The van der Waals surface area contributed by atoms with Crippen LogP contribution in [0.25, 0.3) is 0 Å². The third-order valence-corrected chi connectivity index (χ3v) is 2.70. The second kappa shape index (κ2) is 13.4. The quantitative estimate of drug-likeness (QED) is 0.696. The van der Waals surface area contributed by atoms with Crippen LogP contribution in [0.3, 0.4) is 0 Å². The Hall–Kier alpha value is -0.0800. The highest BCUT2D eigenvalue weighted by molar-refractivity contribution is 4.64. The summed E-state index contributed by atoms with van der Waals surface area (Å²) in [5.74, 6) is 2.02. The van der Waals surface area contributed by atoms with Gasteiger partial charge in [-0.25, -0.2) is 0 Å². The first-order valence-corrected chi connectivity index (χ1v) is 7.59. The topological polar surface area (TPSA) is 29.5 Å². The summed E-state index contributed by atoms with van der Waals surface area (Å²) in [4.78, 5) is 0. The van der Waals surface area contributed by atoms with Crippen molar-refractivity contribution in [3.05, 3.63) is 0 Å². The smallest absolute Gasteiger partial charge is 0.0545 e. The Morgan fingerprint density at radius 1 is 0.778 bits per heavy atom. The molecule has 112 valence electrons. The fourth-order valence-electron chi connectivity index (χ4n) is 2.21. The van der Waals surface area contributed by atoms with Crippen LogP contribution >= 0.6 is 0 Å². The van der Waals surface area contributed by atoms with E-state index in [0.717, 1.165) is 32.0 Å². The van der Waals surface area contributed by atoms with Crippen molar-refractivity contribution in [2.75, 3.05) is 13.2 Å². The lowest BCUT2D eigenvalue weighted by atomic mass is 9.91. The van der Waals surface area contributed by atoms with E-state index in [1.165, 1.54) is 6.42 Å². The van der Waals surface area contributed by atoms with Gasteiger partial charge in [0.05, 0.1) is 6.10 Å². The minimum atomic E-state index is -0.0891. The molecule has 2 atom stereocenters. The molecule has 0 bridgehead atoms. The Labute approximate surface area is 115 Å². The molecule has 0 saturated heterocycles. The zero-order valence-corrected chi connectivity index (χ0v) is 13.7. The molecule has 2 nitrogen and oxygen atoms in total. The maximum absolute atomic E-state index is 9.70. The summed E-state index contributed by atoms with van der Waals surface area (Å²) in [5.41, 5.74) is 0. The van der Waals surface area contributed by atoms with Crippen LogP contribution in [0.4, 0.5) is 0 Å². The molecular formula is C16H36O2. The summed E-state index contributed by atoms with van der Waals surface area (Å²) in [6.07, 6.45) is 3.06. The molecule has 0 radical (unpaired) electrons. The molecule has 0 aliphatic heterocycles. The number of hydrogen-bond acceptors (Lipinski definition) is 2. The van der Waals surface area contributed by atoms with Crippen molar-refractivity contribution in [1.82, 2.24) is 0 Å². The van der Waals surface area contributed by atoms with Crippen LogP contribution in [0.1, 0.15) is 67.7 Å². The van der Waals surface area contributed by atoms with E-state index in [2.05, 4.69) is 34.6 Å². The summed E-state index contributed by atoms with van der Waals surface area (Å²) in [7, 11) is 0. The van der Waals surface area contributed by atoms with Gasteiger partial charge in [-0.1, -0.05) is 34.6 Å². The van der Waals surface area contributed by atoms with Gasteiger partial charge in [0.1, 0.15) is 0 Å². The molecule has 0 spiro atoms. The Kier molecular flexibility index (Phi) is 15.0. The van der Waals surface area contributed by atoms with Gasteiger partial charge >= 0.3 is 0 Å². The van der Waals surface area contributed by atoms with Crippen LogP contribution < -0.4 is 0 Å². The molecule has 0 rings (SSSR count). The molecule has 1 N–H and O–H groups in total. The molecule has 2 unspecified atom stereocenters. The van der Waals surface area contributed by atoms with Gasteiger partial charge in [-0.3, -0.25) is 0 Å². The van der Waals surface area contributed by atoms with E-state index in [-0.39, 0.29) is 6.10 Å². The van der Waals surface area contributed by atoms with Crippen molar-refractivity contribution >= 4 is 0 Å². The van der Waals surface area contributed by atoms with Crippen molar-refractivity contribution in [2.24, 2.45) is 17.8 Å². The van der Waals surface area contributed by atoms with Gasteiger partial charge in [0.25, 0.3) is 0 Å². The van der Waals surface area contributed by atoms with Gasteiger partial charge in [0.2, 0.25) is 0 Å². The predicted octanol–water partition coefficient (Wildman–Crippen LogP) is 4.51. The first-order valence-electron chi connectivity index (χ1n) is 7.59. The SMILES string of the molecule is CC(C)CC(C)CC(O)CC(C)C.CCOCC. The average Bonchev–Trinajstić information content (AvgIpc) is 2.16. The Balaban J connectivity index is 0. The highest BCUT2D eigenvalue weighted by Gasteiger charge is 2.12. The van der Waals surface area contributed by atoms with E-state index in [1.54, 1.807) is 0 Å². The highest BCUT2D eigenvalue weighted by atomic mass is 16.5. The zero-order chi connectivity index (χ0) is 14.6. The Morgan fingerprint density at radius 3 is 1.50 bits per heavy atom. The third kappa shape index (κ3) is 18.3. The largest absolute Gasteiger partial charge is 0.393 e. The lowest BCUT2D eigenvalue weighted by Crippen LogP contribution is -2.15. The maximum atomic E-state index is 9.70. The standard InChI is InChI=1S/C12H26O.C4H10O/c1-9(2)6-11(5)8-12(13)7-10(3)4;1-3-5-4-2/h9-13H,6-8H2,1-5H3;3-4H2,1-2H3. The van der Waals surface area contributed by atoms with Gasteiger partial charge in [0, 0.05) is 13.2 Å². The number of aliphatic hydroxyl groups is 1. The third-order valence-electron chi connectivity index (χ3n) is 2.70. The van der Waals surface area contributed by atoms with Gasteiger partial charge in [-0.15, -0.1) is 0 Å². The molecule has 0 heterocycles. The Morgan fingerprint density at radius 2 is 1.22 bits per heavy atom. The molecule has 0 aromatic carbocycles. The fourth-order valence-corrected chi connectivity index (χ4v) is 2.21. The number of ether oxygens (including phenoxy) is 1. The summed E-state index contributed by atoms with van der Waals surface area (Å²) in [6.45, 7) is 16.7. The van der Waals surface area contributed by atoms with Gasteiger partial charge < -0.3 is 9.84 Å². The minimum absolute atomic E-state index is 0.0891. The lowest BCUT2D eigenvalue weighted by molar-refractivity contribution is 0.118. The van der Waals surface area contributed by atoms with Crippen LogP contribution in [0.2, 0.25) is 0 Å². The van der Waals surface area contributed by atoms with E-state index in [9.17, 15) is 5.11 Å². The monoisotopic (exact) mass is 260 g/mol. The number of rotatable bonds is 8. The van der Waals surface area contributed by atoms with Crippen molar-refractivity contribution in [3.63, 3.8) is 0 Å². The van der Waals surface area contributed by atoms with Crippen LogP contribution in [-0.2, 0) is 4.74 Å². The van der Waals surface area contributed by atoms with E-state index in [4.69, 9.17) is 4.74 Å². The van der Waals surface area contributed by atoms with Crippen molar-refractivity contribution in [3.8, 4) is 0 Å². The first-order chi connectivity index (χ1) is 8.33. The van der Waals surface area contributed by atoms with E-state index in [1.807, 2.05) is 13.8 Å². The highest BCUT2D eigenvalue weighted by Crippen LogP contribution is 2.19. The van der Waals surface area contributed by atoms with E-state index < -0.39 is 0 Å². The van der Waals surface area contributed by atoms with E-state index in [0.29, 0.717) is 11.8 Å². The molecule has 2 heteroatoms. The zero-order valence-electron chi connectivity index (χ0n) is 13.7. The van der Waals surface area contributed by atoms with Crippen LogP contribution in [0.15, 0.2) is 0 Å². The second-order valence-electron chi connectivity index (χ2n) is 6.04. The van der Waals surface area contributed by atoms with Gasteiger partial charge in [0.15, 0.2) is 0 Å². The predicted molar refractivity (Wildman–Crippen MR) is 80.9 cm³/mol. The van der Waals surface area contributed by atoms with Gasteiger partial charge in [-0.05, 0) is 50.9 Å². The lowest BCUT2D eigenvalue weighted by Gasteiger charge is -2.19. The number of hydrogen-bond donors (Lipinski definition) is 1. The molecule has 0 aromatic rings. The van der Waals surface area contributed by atoms with Crippen molar-refractivity contribution in [1.29, 1.82) is 0 Å². The molecule has 0 aromatic heterocycles. The normalized spacial score (nSPS) is 14.3. The van der Waals surface area contributed by atoms with Crippen LogP contribution in [0.5, 0.6) is 0 Å². The molecular weight excluding hydrogens is 224 g/mol. The fraction of sp³-hybridized carbons (Fsp3) is 1.00. The maximum Gasteiger partial charge on any atom is 0.0545 e. The summed E-state index contributed by atoms with van der Waals surface area (Å²) in [5, 5.41) is 9.70. The summed E-state index contributed by atoms with van der Waals surface area (Å²) < 4.78 is 4.83. The summed E-state index contributed by atoms with van der Waals surface area (Å²) >= 11 is 0. The minimum Gasteiger partial charge on any atom is -0.393 e. The van der Waals surface area contributed by atoms with Crippen LogP contribution in [0, 0.1) is 17.8 Å². The molecule has 0 fully saturated rings. The van der Waals surface area contributed by atoms with Crippen molar-refractivity contribution in [2.45, 2.75) is 73.8 Å². The van der Waals surface area contributed by atoms with Crippen LogP contribution in [-0.4, -0.2) is 24.4 Å². The average molecular weight is 260 g/mol. The molecule has 0 amide bonds. The number of aliphatic hydroxyl groups excluding tert-OH is 1. The van der Waals surface area contributed by atoms with E-state index >= 15 is 0 Å². The molecule has 18 heavy (non-hydrogen) atoms. The first kappa shape index (κ1) is 20.2. The second-order valence-corrected chi connectivity index (χ2v) is 6.04. The molecule has 0 aliphatic rings. The van der Waals surface area contributed by atoms with Gasteiger partial charge in [-0.2, -0.15) is 0 Å². The Bertz CT molecular complexity index is 139.